The van der Waals surface area contributed by atoms with Gasteiger partial charge in [-0.25, -0.2) is 0 Å². The highest BCUT2D eigenvalue weighted by molar-refractivity contribution is 6.12. The Morgan fingerprint density at radius 1 is 0.929 bits per heavy atom. The first-order valence-corrected chi connectivity index (χ1v) is 8.99. The van der Waals surface area contributed by atoms with Crippen LogP contribution in [0.4, 0.5) is 0 Å². The van der Waals surface area contributed by atoms with Crippen LogP contribution in [0.15, 0.2) is 77.8 Å². The van der Waals surface area contributed by atoms with Crippen LogP contribution in [-0.2, 0) is 13.2 Å². The largest absolute Gasteiger partial charge is 0.488 e. The summed E-state index contributed by atoms with van der Waals surface area (Å²) >= 11 is 0. The summed E-state index contributed by atoms with van der Waals surface area (Å²) in [6, 6.07) is 22.3. The van der Waals surface area contributed by atoms with Gasteiger partial charge in [-0.05, 0) is 29.3 Å². The van der Waals surface area contributed by atoms with E-state index in [0.717, 1.165) is 11.1 Å². The van der Waals surface area contributed by atoms with Gasteiger partial charge in [-0.1, -0.05) is 54.6 Å². The van der Waals surface area contributed by atoms with Crippen molar-refractivity contribution in [1.29, 1.82) is 0 Å². The van der Waals surface area contributed by atoms with E-state index in [1.54, 1.807) is 37.4 Å². The predicted molar refractivity (Wildman–Crippen MR) is 112 cm³/mol. The normalized spacial score (nSPS) is 11.3. The topological polar surface area (TPSA) is 90.7 Å². The number of hydrogen-bond donors (Lipinski definition) is 2. The number of nitrogens with two attached hydrogens (primary N) is 2. The fraction of sp³-hybridized carbons (Fsp3) is 0.130. The number of rotatable bonds is 7. The standard InChI is InChI=1S/C23H23N3O2/c1-26-23(25)19-11-12-21(28-15-17-9-7-16(14-24)8-10-17)20(13-19)22(27)18-5-3-2-4-6-18/h2-13H,14-15,24H2,1H3,(H2,25,26). The summed E-state index contributed by atoms with van der Waals surface area (Å²) in [5.41, 5.74) is 15.3. The molecule has 0 aliphatic heterocycles. The maximum Gasteiger partial charge on any atom is 0.196 e. The van der Waals surface area contributed by atoms with E-state index in [9.17, 15) is 4.79 Å². The van der Waals surface area contributed by atoms with Gasteiger partial charge < -0.3 is 16.2 Å². The Morgan fingerprint density at radius 2 is 1.61 bits per heavy atom. The lowest BCUT2D eigenvalue weighted by Gasteiger charge is -2.13. The van der Waals surface area contributed by atoms with Crippen molar-refractivity contribution in [3.8, 4) is 5.75 Å². The Labute approximate surface area is 164 Å². The first-order chi connectivity index (χ1) is 13.6. The Balaban J connectivity index is 1.91. The van der Waals surface area contributed by atoms with Crippen LogP contribution in [-0.4, -0.2) is 18.7 Å². The minimum absolute atomic E-state index is 0.125. The van der Waals surface area contributed by atoms with E-state index in [0.29, 0.717) is 41.4 Å². The third-order valence-corrected chi connectivity index (χ3v) is 4.45. The molecule has 142 valence electrons. The minimum atomic E-state index is -0.125. The molecule has 0 heterocycles. The molecular formula is C23H23N3O2. The van der Waals surface area contributed by atoms with Gasteiger partial charge in [-0.3, -0.25) is 9.79 Å². The molecule has 0 spiro atoms. The van der Waals surface area contributed by atoms with E-state index >= 15 is 0 Å². The van der Waals surface area contributed by atoms with E-state index in [-0.39, 0.29) is 5.78 Å². The number of nitrogens with zero attached hydrogens (tertiary/aromatic N) is 1. The maximum atomic E-state index is 13.1. The number of carbonyl (C=O) groups excluding carboxylic acids is 1. The number of hydrogen-bond acceptors (Lipinski definition) is 4. The molecule has 0 bridgehead atoms. The molecule has 0 atom stereocenters. The molecule has 0 aliphatic carbocycles. The molecule has 4 N–H and O–H groups in total. The molecule has 0 unspecified atom stereocenters. The summed E-state index contributed by atoms with van der Waals surface area (Å²) in [6.45, 7) is 0.843. The van der Waals surface area contributed by atoms with Crippen molar-refractivity contribution in [2.45, 2.75) is 13.2 Å². The van der Waals surface area contributed by atoms with Crippen LogP contribution in [0.1, 0.15) is 32.6 Å². The van der Waals surface area contributed by atoms with Crippen molar-refractivity contribution >= 4 is 11.6 Å². The van der Waals surface area contributed by atoms with E-state index in [2.05, 4.69) is 4.99 Å². The molecule has 3 rings (SSSR count). The van der Waals surface area contributed by atoms with Gasteiger partial charge in [0.1, 0.15) is 18.2 Å². The highest BCUT2D eigenvalue weighted by atomic mass is 16.5. The first kappa shape index (κ1) is 19.3. The van der Waals surface area contributed by atoms with Crippen LogP contribution in [0, 0.1) is 0 Å². The van der Waals surface area contributed by atoms with Gasteiger partial charge in [0.05, 0.1) is 5.56 Å². The van der Waals surface area contributed by atoms with Gasteiger partial charge in [-0.2, -0.15) is 0 Å². The van der Waals surface area contributed by atoms with Crippen LogP contribution >= 0.6 is 0 Å². The molecule has 0 radical (unpaired) electrons. The third-order valence-electron chi connectivity index (χ3n) is 4.45. The molecule has 0 saturated heterocycles. The second-order valence-corrected chi connectivity index (χ2v) is 6.32. The highest BCUT2D eigenvalue weighted by Crippen LogP contribution is 2.25. The molecule has 0 aromatic heterocycles. The zero-order valence-electron chi connectivity index (χ0n) is 15.8. The van der Waals surface area contributed by atoms with Crippen LogP contribution in [0.5, 0.6) is 5.75 Å². The number of ether oxygens (including phenoxy) is 1. The summed E-state index contributed by atoms with van der Waals surface area (Å²) in [6.07, 6.45) is 0. The minimum Gasteiger partial charge on any atom is -0.488 e. The third kappa shape index (κ3) is 4.45. The second kappa shape index (κ2) is 8.97. The second-order valence-electron chi connectivity index (χ2n) is 6.32. The van der Waals surface area contributed by atoms with Gasteiger partial charge >= 0.3 is 0 Å². The quantitative estimate of drug-likeness (QED) is 0.378. The molecule has 0 fully saturated rings. The Hall–Kier alpha value is -3.44. The summed E-state index contributed by atoms with van der Waals surface area (Å²) < 4.78 is 5.97. The summed E-state index contributed by atoms with van der Waals surface area (Å²) in [7, 11) is 1.61. The lowest BCUT2D eigenvalue weighted by Crippen LogP contribution is -2.15. The highest BCUT2D eigenvalue weighted by Gasteiger charge is 2.16. The lowest BCUT2D eigenvalue weighted by molar-refractivity contribution is 0.103. The molecule has 3 aromatic rings. The van der Waals surface area contributed by atoms with Crippen LogP contribution in [0.2, 0.25) is 0 Å². The average molecular weight is 373 g/mol. The van der Waals surface area contributed by atoms with E-state index in [1.807, 2.05) is 42.5 Å². The molecule has 0 aliphatic rings. The van der Waals surface area contributed by atoms with Crippen molar-refractivity contribution in [2.75, 3.05) is 7.05 Å². The summed E-state index contributed by atoms with van der Waals surface area (Å²) in [5.74, 6) is 0.746. The van der Waals surface area contributed by atoms with Gasteiger partial charge in [0, 0.05) is 24.7 Å². The van der Waals surface area contributed by atoms with Crippen LogP contribution < -0.4 is 16.2 Å². The number of amidine groups is 1. The molecule has 28 heavy (non-hydrogen) atoms. The first-order valence-electron chi connectivity index (χ1n) is 8.99. The number of carbonyl (C=O) groups is 1. The zero-order chi connectivity index (χ0) is 19.9. The molecule has 0 amide bonds. The van der Waals surface area contributed by atoms with Crippen molar-refractivity contribution in [1.82, 2.24) is 0 Å². The molecule has 5 nitrogen and oxygen atoms in total. The number of benzene rings is 3. The average Bonchev–Trinajstić information content (AvgIpc) is 2.77. The van der Waals surface area contributed by atoms with E-state index < -0.39 is 0 Å². The van der Waals surface area contributed by atoms with Crippen molar-refractivity contribution in [2.24, 2.45) is 16.5 Å². The molecule has 0 saturated carbocycles. The molecular weight excluding hydrogens is 350 g/mol. The smallest absolute Gasteiger partial charge is 0.196 e. The summed E-state index contributed by atoms with van der Waals surface area (Å²) in [5, 5.41) is 0. The van der Waals surface area contributed by atoms with E-state index in [1.165, 1.54) is 0 Å². The van der Waals surface area contributed by atoms with Gasteiger partial charge in [-0.15, -0.1) is 0 Å². The van der Waals surface area contributed by atoms with Crippen molar-refractivity contribution in [3.05, 3.63) is 101 Å². The fourth-order valence-electron chi connectivity index (χ4n) is 2.80. The Bertz CT molecular complexity index is 980. The fourth-order valence-corrected chi connectivity index (χ4v) is 2.80. The van der Waals surface area contributed by atoms with Crippen molar-refractivity contribution in [3.63, 3.8) is 0 Å². The summed E-state index contributed by atoms with van der Waals surface area (Å²) in [4.78, 5) is 17.1. The van der Waals surface area contributed by atoms with Gasteiger partial charge in [0.25, 0.3) is 0 Å². The predicted octanol–water partition coefficient (Wildman–Crippen LogP) is 3.29. The van der Waals surface area contributed by atoms with Gasteiger partial charge in [0.15, 0.2) is 5.78 Å². The Kier molecular flexibility index (Phi) is 6.19. The zero-order valence-corrected chi connectivity index (χ0v) is 15.8. The number of aliphatic imine (C=N–C) groups is 1. The van der Waals surface area contributed by atoms with Crippen LogP contribution in [0.25, 0.3) is 0 Å². The monoisotopic (exact) mass is 373 g/mol. The van der Waals surface area contributed by atoms with Gasteiger partial charge in [0.2, 0.25) is 0 Å². The lowest BCUT2D eigenvalue weighted by atomic mass is 10.00. The van der Waals surface area contributed by atoms with E-state index in [4.69, 9.17) is 16.2 Å². The SMILES string of the molecule is CN=C(N)c1ccc(OCc2ccc(CN)cc2)c(C(=O)c2ccccc2)c1. The van der Waals surface area contributed by atoms with Crippen molar-refractivity contribution < 1.29 is 9.53 Å². The Morgan fingerprint density at radius 3 is 2.25 bits per heavy atom. The molecule has 3 aromatic carbocycles. The maximum absolute atomic E-state index is 13.1. The molecule has 5 heteroatoms. The number of ketones is 1. The van der Waals surface area contributed by atoms with Crippen LogP contribution in [0.3, 0.4) is 0 Å².